The lowest BCUT2D eigenvalue weighted by Gasteiger charge is -2.21. The zero-order valence-electron chi connectivity index (χ0n) is 23.7. The SMILES string of the molecule is COC(=O)Nc1cnc(-c2ccccc2)n(CC(=O)NC(C(=O)c2nnc(C(C)(C)c3cnccn3)o2)C(C)C)c1=O. The number of hydrogen-bond donors (Lipinski definition) is 2. The highest BCUT2D eigenvalue weighted by Gasteiger charge is 2.35. The molecule has 3 heterocycles. The number of Topliss-reactive ketones (excluding diaryl/α,β-unsaturated/α-hetero) is 1. The summed E-state index contributed by atoms with van der Waals surface area (Å²) in [4.78, 5) is 64.4. The average Bonchev–Trinajstić information content (AvgIpc) is 3.50. The van der Waals surface area contributed by atoms with E-state index in [2.05, 4.69) is 40.5 Å². The number of hydrogen-bond acceptors (Lipinski definition) is 11. The van der Waals surface area contributed by atoms with Gasteiger partial charge in [-0.15, -0.1) is 10.2 Å². The Morgan fingerprint density at radius 1 is 1.05 bits per heavy atom. The first kappa shape index (κ1) is 29.7. The van der Waals surface area contributed by atoms with E-state index >= 15 is 0 Å². The van der Waals surface area contributed by atoms with Crippen LogP contribution in [0.25, 0.3) is 11.4 Å². The predicted octanol–water partition coefficient (Wildman–Crippen LogP) is 2.61. The van der Waals surface area contributed by atoms with E-state index < -0.39 is 41.3 Å². The molecule has 2 amide bonds. The molecule has 1 atom stereocenters. The highest BCUT2D eigenvalue weighted by atomic mass is 16.5. The molecule has 0 bridgehead atoms. The topological polar surface area (TPSA) is 184 Å². The molecular weight excluding hydrogens is 544 g/mol. The molecule has 3 aromatic heterocycles. The number of aromatic nitrogens is 6. The van der Waals surface area contributed by atoms with Crippen LogP contribution in [0.2, 0.25) is 0 Å². The molecular formula is C28H30N8O6. The van der Waals surface area contributed by atoms with Crippen LogP contribution in [0.5, 0.6) is 0 Å². The van der Waals surface area contributed by atoms with Crippen molar-refractivity contribution in [3.8, 4) is 11.4 Å². The molecule has 14 nitrogen and oxygen atoms in total. The van der Waals surface area contributed by atoms with Crippen molar-refractivity contribution in [2.45, 2.75) is 45.7 Å². The lowest BCUT2D eigenvalue weighted by atomic mass is 9.89. The number of amides is 2. The zero-order chi connectivity index (χ0) is 30.4. The molecule has 0 aliphatic heterocycles. The second kappa shape index (κ2) is 12.5. The van der Waals surface area contributed by atoms with Crippen molar-refractivity contribution in [3.05, 3.63) is 82.9 Å². The maximum atomic E-state index is 13.4. The van der Waals surface area contributed by atoms with Gasteiger partial charge in [0.2, 0.25) is 17.6 Å². The third-order valence-corrected chi connectivity index (χ3v) is 6.44. The summed E-state index contributed by atoms with van der Waals surface area (Å²) in [5.41, 5.74) is -0.576. The highest BCUT2D eigenvalue weighted by molar-refractivity contribution is 5.98. The first-order chi connectivity index (χ1) is 20.0. The Morgan fingerprint density at radius 3 is 2.43 bits per heavy atom. The van der Waals surface area contributed by atoms with Crippen LogP contribution in [0.15, 0.2) is 64.3 Å². The van der Waals surface area contributed by atoms with Crippen LogP contribution in [0.3, 0.4) is 0 Å². The first-order valence-electron chi connectivity index (χ1n) is 13.0. The molecule has 42 heavy (non-hydrogen) atoms. The van der Waals surface area contributed by atoms with E-state index in [1.807, 2.05) is 0 Å². The van der Waals surface area contributed by atoms with E-state index in [4.69, 9.17) is 4.42 Å². The summed E-state index contributed by atoms with van der Waals surface area (Å²) in [5, 5.41) is 13.0. The molecule has 0 saturated heterocycles. The summed E-state index contributed by atoms with van der Waals surface area (Å²) >= 11 is 0. The van der Waals surface area contributed by atoms with Gasteiger partial charge in [-0.25, -0.2) is 9.78 Å². The molecule has 4 aromatic rings. The van der Waals surface area contributed by atoms with Crippen molar-refractivity contribution in [1.82, 2.24) is 35.0 Å². The van der Waals surface area contributed by atoms with Crippen molar-refractivity contribution in [2.24, 2.45) is 5.92 Å². The Morgan fingerprint density at radius 2 is 1.79 bits per heavy atom. The maximum Gasteiger partial charge on any atom is 0.411 e. The number of anilines is 1. The summed E-state index contributed by atoms with van der Waals surface area (Å²) < 4.78 is 11.4. The van der Waals surface area contributed by atoms with Crippen LogP contribution >= 0.6 is 0 Å². The van der Waals surface area contributed by atoms with E-state index in [1.54, 1.807) is 64.2 Å². The fourth-order valence-electron chi connectivity index (χ4n) is 4.04. The van der Waals surface area contributed by atoms with Crippen LogP contribution in [-0.2, 0) is 21.5 Å². The van der Waals surface area contributed by atoms with Crippen molar-refractivity contribution in [3.63, 3.8) is 0 Å². The lowest BCUT2D eigenvalue weighted by Crippen LogP contribution is -2.46. The van der Waals surface area contributed by atoms with Gasteiger partial charge in [0.25, 0.3) is 11.4 Å². The Balaban J connectivity index is 1.60. The van der Waals surface area contributed by atoms with Gasteiger partial charge in [0.1, 0.15) is 18.1 Å². The molecule has 1 unspecified atom stereocenters. The van der Waals surface area contributed by atoms with Gasteiger partial charge in [0, 0.05) is 24.2 Å². The summed E-state index contributed by atoms with van der Waals surface area (Å²) in [5.74, 6) is -1.57. The molecule has 0 spiro atoms. The van der Waals surface area contributed by atoms with Crippen LogP contribution in [-0.4, -0.2) is 60.7 Å². The number of ether oxygens (including phenoxy) is 1. The number of benzene rings is 1. The molecule has 0 saturated carbocycles. The largest absolute Gasteiger partial charge is 0.453 e. The quantitative estimate of drug-likeness (QED) is 0.265. The number of carbonyl (C=O) groups is 3. The number of carbonyl (C=O) groups excluding carboxylic acids is 3. The minimum absolute atomic E-state index is 0.153. The average molecular weight is 575 g/mol. The minimum atomic E-state index is -1.05. The van der Waals surface area contributed by atoms with Crippen molar-refractivity contribution in [2.75, 3.05) is 12.4 Å². The van der Waals surface area contributed by atoms with Gasteiger partial charge in [0.15, 0.2) is 0 Å². The molecule has 0 fully saturated rings. The molecule has 0 aliphatic rings. The third kappa shape index (κ3) is 6.37. The van der Waals surface area contributed by atoms with Gasteiger partial charge >= 0.3 is 6.09 Å². The van der Waals surface area contributed by atoms with Gasteiger partial charge in [-0.3, -0.25) is 34.2 Å². The monoisotopic (exact) mass is 574 g/mol. The number of rotatable bonds is 10. The normalized spacial score (nSPS) is 12.0. The summed E-state index contributed by atoms with van der Waals surface area (Å²) in [6.45, 7) is 6.60. The third-order valence-electron chi connectivity index (χ3n) is 6.44. The summed E-state index contributed by atoms with van der Waals surface area (Å²) in [7, 11) is 1.15. The first-order valence-corrected chi connectivity index (χ1v) is 13.0. The van der Waals surface area contributed by atoms with E-state index in [0.29, 0.717) is 11.3 Å². The molecule has 0 radical (unpaired) electrons. The molecule has 1 aromatic carbocycles. The van der Waals surface area contributed by atoms with Gasteiger partial charge in [-0.05, 0) is 19.8 Å². The van der Waals surface area contributed by atoms with Crippen LogP contribution < -0.4 is 16.2 Å². The fraction of sp³-hybridized carbons (Fsp3) is 0.321. The van der Waals surface area contributed by atoms with Gasteiger partial charge in [-0.2, -0.15) is 0 Å². The van der Waals surface area contributed by atoms with Gasteiger partial charge in [-0.1, -0.05) is 44.2 Å². The van der Waals surface area contributed by atoms with Crippen molar-refractivity contribution < 1.29 is 23.5 Å². The van der Waals surface area contributed by atoms with E-state index in [-0.39, 0.29) is 29.2 Å². The lowest BCUT2D eigenvalue weighted by molar-refractivity contribution is -0.122. The van der Waals surface area contributed by atoms with Crippen LogP contribution in [0.1, 0.15) is 50.0 Å². The number of ketones is 1. The fourth-order valence-corrected chi connectivity index (χ4v) is 4.04. The van der Waals surface area contributed by atoms with E-state index in [9.17, 15) is 19.2 Å². The standard InChI is InChI=1S/C28H30N8O6/c1-16(2)21(22(38)24-34-35-26(42-24)28(3,4)19-14-29-11-12-30-19)33-20(37)15-36-23(17-9-7-6-8-10-17)31-13-18(25(36)39)32-27(40)41-5/h6-14,16,21H,15H2,1-5H3,(H,32,40)(H,33,37). The highest BCUT2D eigenvalue weighted by Crippen LogP contribution is 2.28. The molecule has 4 rings (SSSR count). The minimum Gasteiger partial charge on any atom is -0.453 e. The summed E-state index contributed by atoms with van der Waals surface area (Å²) in [6.07, 6.45) is 4.96. The summed E-state index contributed by atoms with van der Waals surface area (Å²) in [6, 6.07) is 7.70. The number of methoxy groups -OCH3 is 1. The second-order valence-corrected chi connectivity index (χ2v) is 10.2. The van der Waals surface area contributed by atoms with Gasteiger partial charge in [0.05, 0.1) is 30.5 Å². The number of nitrogens with zero attached hydrogens (tertiary/aromatic N) is 6. The van der Waals surface area contributed by atoms with Crippen LogP contribution in [0, 0.1) is 5.92 Å². The van der Waals surface area contributed by atoms with Crippen molar-refractivity contribution in [1.29, 1.82) is 0 Å². The predicted molar refractivity (Wildman–Crippen MR) is 150 cm³/mol. The Labute approximate surface area is 240 Å². The molecule has 2 N–H and O–H groups in total. The molecule has 218 valence electrons. The Hall–Kier alpha value is -5.27. The Kier molecular flexibility index (Phi) is 8.84. The maximum absolute atomic E-state index is 13.4. The molecule has 14 heteroatoms. The van der Waals surface area contributed by atoms with Crippen LogP contribution in [0.4, 0.5) is 10.5 Å². The molecule has 0 aliphatic carbocycles. The number of nitrogens with one attached hydrogen (secondary N) is 2. The second-order valence-electron chi connectivity index (χ2n) is 10.2. The van der Waals surface area contributed by atoms with Gasteiger partial charge < -0.3 is 14.5 Å². The Bertz CT molecular complexity index is 1630. The van der Waals surface area contributed by atoms with Crippen molar-refractivity contribution >= 4 is 23.5 Å². The van der Waals surface area contributed by atoms with E-state index in [0.717, 1.165) is 11.7 Å². The zero-order valence-corrected chi connectivity index (χ0v) is 23.7. The van der Waals surface area contributed by atoms with E-state index in [1.165, 1.54) is 18.6 Å². The smallest absolute Gasteiger partial charge is 0.411 e.